The van der Waals surface area contributed by atoms with Gasteiger partial charge in [0.15, 0.2) is 5.78 Å². The first-order valence-corrected chi connectivity index (χ1v) is 7.32. The van der Waals surface area contributed by atoms with E-state index in [4.69, 9.17) is 5.11 Å². The molecule has 1 unspecified atom stereocenters. The molecule has 2 aliphatic carbocycles. The maximum Gasteiger partial charge on any atom is 0.303 e. The Bertz CT molecular complexity index is 418. The second kappa shape index (κ2) is 6.69. The first kappa shape index (κ1) is 14.0. The number of allylic oxidation sites excluding steroid dienone is 4. The molecule has 0 aromatic carbocycles. The summed E-state index contributed by atoms with van der Waals surface area (Å²) in [4.78, 5) is 21.8. The van der Waals surface area contributed by atoms with Gasteiger partial charge in [-0.05, 0) is 55.2 Å². The first-order valence-electron chi connectivity index (χ1n) is 7.32. The lowest BCUT2D eigenvalue weighted by Crippen LogP contribution is -2.16. The van der Waals surface area contributed by atoms with Crippen molar-refractivity contribution in [1.82, 2.24) is 0 Å². The van der Waals surface area contributed by atoms with Crippen LogP contribution in [0.1, 0.15) is 57.8 Å². The molecule has 1 atom stereocenters. The van der Waals surface area contributed by atoms with E-state index in [-0.39, 0.29) is 12.2 Å². The van der Waals surface area contributed by atoms with Gasteiger partial charge in [0.25, 0.3) is 0 Å². The fraction of sp³-hybridized carbons (Fsp3) is 0.625. The summed E-state index contributed by atoms with van der Waals surface area (Å²) in [5, 5.41) is 8.59. The van der Waals surface area contributed by atoms with Gasteiger partial charge in [0.05, 0.1) is 0 Å². The largest absolute Gasteiger partial charge is 0.481 e. The number of aliphatic carboxylic acids is 1. The summed E-state index contributed by atoms with van der Waals surface area (Å²) in [7, 11) is 0. The SMILES string of the molecule is O=C(O)CCCCCC1CCCC2=CC(=O)CC=C21. The fourth-order valence-corrected chi connectivity index (χ4v) is 3.16. The summed E-state index contributed by atoms with van der Waals surface area (Å²) in [6, 6.07) is 0. The monoisotopic (exact) mass is 262 g/mol. The topological polar surface area (TPSA) is 54.4 Å². The molecule has 3 heteroatoms. The van der Waals surface area contributed by atoms with Crippen LogP contribution in [0.2, 0.25) is 0 Å². The number of carboxylic acid groups (broad SMARTS) is 1. The van der Waals surface area contributed by atoms with E-state index in [1.807, 2.05) is 6.08 Å². The van der Waals surface area contributed by atoms with Crippen LogP contribution in [0.5, 0.6) is 0 Å². The third-order valence-corrected chi connectivity index (χ3v) is 4.11. The van der Waals surface area contributed by atoms with Crippen molar-refractivity contribution in [2.45, 2.75) is 57.8 Å². The van der Waals surface area contributed by atoms with Crippen molar-refractivity contribution in [3.63, 3.8) is 0 Å². The van der Waals surface area contributed by atoms with Gasteiger partial charge < -0.3 is 5.11 Å². The zero-order valence-electron chi connectivity index (χ0n) is 11.4. The van der Waals surface area contributed by atoms with E-state index in [2.05, 4.69) is 6.08 Å². The molecule has 2 aliphatic rings. The van der Waals surface area contributed by atoms with Crippen LogP contribution < -0.4 is 0 Å². The number of carbonyl (C=O) groups is 2. The number of carboxylic acids is 1. The summed E-state index contributed by atoms with van der Waals surface area (Å²) in [6.45, 7) is 0. The number of unbranched alkanes of at least 4 members (excludes halogenated alkanes) is 2. The third kappa shape index (κ3) is 4.05. The summed E-state index contributed by atoms with van der Waals surface area (Å²) < 4.78 is 0. The summed E-state index contributed by atoms with van der Waals surface area (Å²) >= 11 is 0. The molecule has 0 amide bonds. The van der Waals surface area contributed by atoms with Gasteiger partial charge in [-0.15, -0.1) is 0 Å². The van der Waals surface area contributed by atoms with Gasteiger partial charge in [0.2, 0.25) is 0 Å². The normalized spacial score (nSPS) is 22.5. The van der Waals surface area contributed by atoms with Crippen molar-refractivity contribution in [3.8, 4) is 0 Å². The molecule has 0 aromatic rings. The van der Waals surface area contributed by atoms with Gasteiger partial charge >= 0.3 is 5.97 Å². The number of fused-ring (bicyclic) bond motifs is 1. The minimum atomic E-state index is -0.698. The smallest absolute Gasteiger partial charge is 0.303 e. The molecule has 0 spiro atoms. The Labute approximate surface area is 114 Å². The molecule has 0 radical (unpaired) electrons. The van der Waals surface area contributed by atoms with E-state index in [9.17, 15) is 9.59 Å². The van der Waals surface area contributed by atoms with E-state index in [1.165, 1.54) is 24.0 Å². The molecule has 1 fully saturated rings. The average molecular weight is 262 g/mol. The van der Waals surface area contributed by atoms with Crippen molar-refractivity contribution < 1.29 is 14.7 Å². The predicted molar refractivity (Wildman–Crippen MR) is 73.9 cm³/mol. The second-order valence-electron chi connectivity index (χ2n) is 5.58. The molecule has 0 heterocycles. The highest BCUT2D eigenvalue weighted by atomic mass is 16.4. The zero-order valence-corrected chi connectivity index (χ0v) is 11.4. The van der Waals surface area contributed by atoms with Crippen LogP contribution in [0.4, 0.5) is 0 Å². The fourth-order valence-electron chi connectivity index (χ4n) is 3.16. The minimum absolute atomic E-state index is 0.237. The van der Waals surface area contributed by atoms with Gasteiger partial charge in [-0.25, -0.2) is 0 Å². The molecule has 3 nitrogen and oxygen atoms in total. The number of ketones is 1. The molecule has 0 aliphatic heterocycles. The van der Waals surface area contributed by atoms with Gasteiger partial charge in [0.1, 0.15) is 0 Å². The minimum Gasteiger partial charge on any atom is -0.481 e. The molecular formula is C16H22O3. The number of hydrogen-bond donors (Lipinski definition) is 1. The predicted octanol–water partition coefficient (Wildman–Crippen LogP) is 3.65. The van der Waals surface area contributed by atoms with Crippen molar-refractivity contribution in [1.29, 1.82) is 0 Å². The molecule has 0 bridgehead atoms. The zero-order chi connectivity index (χ0) is 13.7. The Morgan fingerprint density at radius 3 is 2.95 bits per heavy atom. The van der Waals surface area contributed by atoms with Gasteiger partial charge in [-0.2, -0.15) is 0 Å². The summed E-state index contributed by atoms with van der Waals surface area (Å²) in [5.74, 6) is 0.134. The lowest BCUT2D eigenvalue weighted by Gasteiger charge is -2.29. The van der Waals surface area contributed by atoms with Gasteiger partial charge in [-0.1, -0.05) is 18.9 Å². The van der Waals surface area contributed by atoms with Crippen molar-refractivity contribution in [2.75, 3.05) is 0 Å². The molecular weight excluding hydrogens is 240 g/mol. The van der Waals surface area contributed by atoms with Gasteiger partial charge in [0, 0.05) is 12.8 Å². The van der Waals surface area contributed by atoms with Crippen LogP contribution in [0.15, 0.2) is 23.3 Å². The maximum atomic E-state index is 11.4. The van der Waals surface area contributed by atoms with Crippen LogP contribution in [-0.2, 0) is 9.59 Å². The molecule has 19 heavy (non-hydrogen) atoms. The lowest BCUT2D eigenvalue weighted by atomic mass is 9.75. The Kier molecular flexibility index (Phi) is 4.94. The summed E-state index contributed by atoms with van der Waals surface area (Å²) in [5.41, 5.74) is 2.67. The third-order valence-electron chi connectivity index (χ3n) is 4.11. The average Bonchev–Trinajstić information content (AvgIpc) is 2.37. The number of rotatable bonds is 6. The molecule has 1 N–H and O–H groups in total. The highest BCUT2D eigenvalue weighted by Crippen LogP contribution is 2.38. The van der Waals surface area contributed by atoms with Gasteiger partial charge in [-0.3, -0.25) is 9.59 Å². The van der Waals surface area contributed by atoms with E-state index < -0.39 is 5.97 Å². The maximum absolute atomic E-state index is 11.4. The highest BCUT2D eigenvalue weighted by molar-refractivity contribution is 5.93. The highest BCUT2D eigenvalue weighted by Gasteiger charge is 2.24. The van der Waals surface area contributed by atoms with Crippen molar-refractivity contribution in [3.05, 3.63) is 23.3 Å². The lowest BCUT2D eigenvalue weighted by molar-refractivity contribution is -0.137. The molecule has 104 valence electrons. The van der Waals surface area contributed by atoms with E-state index in [0.29, 0.717) is 12.3 Å². The Morgan fingerprint density at radius 1 is 1.32 bits per heavy atom. The van der Waals surface area contributed by atoms with Crippen LogP contribution >= 0.6 is 0 Å². The second-order valence-corrected chi connectivity index (χ2v) is 5.58. The first-order chi connectivity index (χ1) is 9.16. The van der Waals surface area contributed by atoms with Crippen molar-refractivity contribution in [2.24, 2.45) is 5.92 Å². The van der Waals surface area contributed by atoms with E-state index in [1.54, 1.807) is 0 Å². The number of hydrogen-bond acceptors (Lipinski definition) is 2. The molecule has 0 aromatic heterocycles. The molecule has 1 saturated carbocycles. The van der Waals surface area contributed by atoms with Crippen LogP contribution in [0.3, 0.4) is 0 Å². The molecule has 0 saturated heterocycles. The Morgan fingerprint density at radius 2 is 2.16 bits per heavy atom. The Balaban J connectivity index is 1.79. The Hall–Kier alpha value is -1.38. The van der Waals surface area contributed by atoms with Crippen LogP contribution in [0, 0.1) is 5.92 Å². The molecule has 2 rings (SSSR count). The van der Waals surface area contributed by atoms with E-state index in [0.717, 1.165) is 32.1 Å². The quantitative estimate of drug-likeness (QED) is 0.743. The number of carbonyl (C=O) groups excluding carboxylic acids is 1. The summed E-state index contributed by atoms with van der Waals surface area (Å²) in [6.07, 6.45) is 12.3. The van der Waals surface area contributed by atoms with Crippen LogP contribution in [0.25, 0.3) is 0 Å². The van der Waals surface area contributed by atoms with Crippen molar-refractivity contribution >= 4 is 11.8 Å². The van der Waals surface area contributed by atoms with E-state index >= 15 is 0 Å². The van der Waals surface area contributed by atoms with Crippen LogP contribution in [-0.4, -0.2) is 16.9 Å². The standard InChI is InChI=1S/C16H22O3/c17-14-9-10-15-12(6-4-7-13(15)11-14)5-2-1-3-8-16(18)19/h10-12H,1-9H2,(H,18,19).